The zero-order valence-electron chi connectivity index (χ0n) is 11.6. The van der Waals surface area contributed by atoms with Gasteiger partial charge in [-0.3, -0.25) is 0 Å². The Hall–Kier alpha value is -1.43. The van der Waals surface area contributed by atoms with Crippen LogP contribution in [0, 0.1) is 11.8 Å². The van der Waals surface area contributed by atoms with Crippen molar-refractivity contribution in [3.8, 4) is 0 Å². The molecule has 0 bridgehead atoms. The summed E-state index contributed by atoms with van der Waals surface area (Å²) in [5.41, 5.74) is 0.901. The standard InChI is InChI=1S/C15H15F2N3S/c1-21-10-2-3-13-11(4-10)14(19-8-18-13)20-6-9(7-20)12-5-15(12,16)17/h2-4,8-9,12H,5-7H2,1H3. The van der Waals surface area contributed by atoms with Crippen LogP contribution in [0.4, 0.5) is 14.6 Å². The van der Waals surface area contributed by atoms with Crippen LogP contribution in [0.3, 0.4) is 0 Å². The van der Waals surface area contributed by atoms with E-state index in [1.807, 2.05) is 18.4 Å². The molecule has 21 heavy (non-hydrogen) atoms. The molecule has 1 aliphatic carbocycles. The first-order valence-electron chi connectivity index (χ1n) is 7.00. The van der Waals surface area contributed by atoms with Crippen molar-refractivity contribution in [3.05, 3.63) is 24.5 Å². The second-order valence-electron chi connectivity index (χ2n) is 5.82. The Morgan fingerprint density at radius 1 is 1.29 bits per heavy atom. The van der Waals surface area contributed by atoms with Crippen molar-refractivity contribution in [2.45, 2.75) is 17.2 Å². The van der Waals surface area contributed by atoms with Gasteiger partial charge in [-0.05, 0) is 24.5 Å². The number of hydrogen-bond donors (Lipinski definition) is 0. The minimum atomic E-state index is -2.42. The minimum Gasteiger partial charge on any atom is -0.355 e. The number of alkyl halides is 2. The van der Waals surface area contributed by atoms with E-state index in [2.05, 4.69) is 20.9 Å². The van der Waals surface area contributed by atoms with E-state index >= 15 is 0 Å². The molecule has 6 heteroatoms. The van der Waals surface area contributed by atoms with Gasteiger partial charge in [-0.15, -0.1) is 11.8 Å². The average Bonchev–Trinajstić information content (AvgIpc) is 3.05. The van der Waals surface area contributed by atoms with E-state index in [1.165, 1.54) is 0 Å². The normalized spacial score (nSPS) is 24.1. The number of thioether (sulfide) groups is 1. The average molecular weight is 307 g/mol. The molecule has 2 aromatic rings. The summed E-state index contributed by atoms with van der Waals surface area (Å²) < 4.78 is 26.2. The van der Waals surface area contributed by atoms with Crippen molar-refractivity contribution >= 4 is 28.5 Å². The summed E-state index contributed by atoms with van der Waals surface area (Å²) in [6.45, 7) is 1.35. The molecule has 1 aliphatic heterocycles. The van der Waals surface area contributed by atoms with Gasteiger partial charge in [-0.2, -0.15) is 0 Å². The van der Waals surface area contributed by atoms with Crippen LogP contribution in [0.15, 0.2) is 29.4 Å². The van der Waals surface area contributed by atoms with E-state index in [0.29, 0.717) is 13.1 Å². The van der Waals surface area contributed by atoms with Crippen molar-refractivity contribution in [2.75, 3.05) is 24.2 Å². The van der Waals surface area contributed by atoms with Crippen LogP contribution >= 0.6 is 11.8 Å². The van der Waals surface area contributed by atoms with Gasteiger partial charge >= 0.3 is 0 Å². The van der Waals surface area contributed by atoms with E-state index in [9.17, 15) is 8.78 Å². The Morgan fingerprint density at radius 2 is 2.05 bits per heavy atom. The van der Waals surface area contributed by atoms with Gasteiger partial charge in [0.05, 0.1) is 5.52 Å². The van der Waals surface area contributed by atoms with Crippen molar-refractivity contribution < 1.29 is 8.78 Å². The summed E-state index contributed by atoms with van der Waals surface area (Å²) in [4.78, 5) is 11.9. The van der Waals surface area contributed by atoms with Crippen LogP contribution < -0.4 is 4.90 Å². The third kappa shape index (κ3) is 2.16. The molecular weight excluding hydrogens is 292 g/mol. The zero-order chi connectivity index (χ0) is 14.6. The number of aromatic nitrogens is 2. The molecule has 4 rings (SSSR count). The predicted molar refractivity (Wildman–Crippen MR) is 80.1 cm³/mol. The highest BCUT2D eigenvalue weighted by Crippen LogP contribution is 2.55. The first kappa shape index (κ1) is 13.2. The maximum atomic E-state index is 13.1. The number of halogens is 2. The van der Waals surface area contributed by atoms with Crippen LogP contribution in [0.1, 0.15) is 6.42 Å². The molecule has 1 saturated carbocycles. The van der Waals surface area contributed by atoms with Gasteiger partial charge in [-0.1, -0.05) is 0 Å². The molecule has 1 aromatic carbocycles. The van der Waals surface area contributed by atoms with E-state index in [4.69, 9.17) is 0 Å². The number of nitrogens with zero attached hydrogens (tertiary/aromatic N) is 3. The summed E-state index contributed by atoms with van der Waals surface area (Å²) in [6.07, 6.45) is 3.64. The molecule has 0 spiro atoms. The zero-order valence-corrected chi connectivity index (χ0v) is 12.4. The van der Waals surface area contributed by atoms with Gasteiger partial charge < -0.3 is 4.90 Å². The second kappa shape index (κ2) is 4.53. The minimum absolute atomic E-state index is 0.0622. The topological polar surface area (TPSA) is 29.0 Å². The highest BCUT2D eigenvalue weighted by molar-refractivity contribution is 7.98. The van der Waals surface area contributed by atoms with Gasteiger partial charge in [0.2, 0.25) is 0 Å². The van der Waals surface area contributed by atoms with E-state index in [-0.39, 0.29) is 12.3 Å². The highest BCUT2D eigenvalue weighted by atomic mass is 32.2. The van der Waals surface area contributed by atoms with E-state index in [0.717, 1.165) is 21.6 Å². The van der Waals surface area contributed by atoms with Crippen molar-refractivity contribution in [1.82, 2.24) is 9.97 Å². The first-order valence-corrected chi connectivity index (χ1v) is 8.22. The summed E-state index contributed by atoms with van der Waals surface area (Å²) in [5, 5.41) is 1.00. The molecule has 1 aromatic heterocycles. The van der Waals surface area contributed by atoms with Gasteiger partial charge in [-0.25, -0.2) is 18.7 Å². The maximum Gasteiger partial charge on any atom is 0.252 e. The van der Waals surface area contributed by atoms with Gasteiger partial charge in [0.25, 0.3) is 5.92 Å². The Kier molecular flexibility index (Phi) is 2.86. The molecule has 2 aliphatic rings. The number of rotatable bonds is 3. The number of benzene rings is 1. The molecule has 0 amide bonds. The third-order valence-corrected chi connectivity index (χ3v) is 5.20. The molecule has 1 saturated heterocycles. The highest BCUT2D eigenvalue weighted by Gasteiger charge is 2.62. The van der Waals surface area contributed by atoms with Gasteiger partial charge in [0.15, 0.2) is 0 Å². The van der Waals surface area contributed by atoms with Crippen LogP contribution in [0.5, 0.6) is 0 Å². The fraction of sp³-hybridized carbons (Fsp3) is 0.467. The van der Waals surface area contributed by atoms with Crippen LogP contribution in [0.2, 0.25) is 0 Å². The van der Waals surface area contributed by atoms with Crippen LogP contribution in [0.25, 0.3) is 10.9 Å². The molecule has 2 heterocycles. The lowest BCUT2D eigenvalue weighted by atomic mass is 9.94. The molecule has 3 nitrogen and oxygen atoms in total. The molecular formula is C15H15F2N3S. The monoisotopic (exact) mass is 307 g/mol. The summed E-state index contributed by atoms with van der Waals surface area (Å²) >= 11 is 1.67. The molecule has 110 valence electrons. The number of anilines is 1. The Morgan fingerprint density at radius 3 is 2.71 bits per heavy atom. The summed E-state index contributed by atoms with van der Waals surface area (Å²) in [5.74, 6) is -1.86. The smallest absolute Gasteiger partial charge is 0.252 e. The Balaban J connectivity index is 1.60. The largest absolute Gasteiger partial charge is 0.355 e. The fourth-order valence-electron chi connectivity index (χ4n) is 3.09. The van der Waals surface area contributed by atoms with E-state index in [1.54, 1.807) is 18.1 Å². The number of hydrogen-bond acceptors (Lipinski definition) is 4. The summed E-state index contributed by atoms with van der Waals surface area (Å²) in [6, 6.07) is 6.10. The molecule has 0 radical (unpaired) electrons. The fourth-order valence-corrected chi connectivity index (χ4v) is 3.53. The van der Waals surface area contributed by atoms with Crippen molar-refractivity contribution in [2.24, 2.45) is 11.8 Å². The Labute approximate surface area is 125 Å². The molecule has 2 fully saturated rings. The Bertz CT molecular complexity index is 700. The second-order valence-corrected chi connectivity index (χ2v) is 6.70. The molecule has 1 atom stereocenters. The third-order valence-electron chi connectivity index (χ3n) is 4.47. The lowest BCUT2D eigenvalue weighted by Crippen LogP contribution is -2.49. The van der Waals surface area contributed by atoms with Crippen molar-refractivity contribution in [1.29, 1.82) is 0 Å². The lowest BCUT2D eigenvalue weighted by Gasteiger charge is -2.40. The quantitative estimate of drug-likeness (QED) is 0.812. The van der Waals surface area contributed by atoms with Crippen molar-refractivity contribution in [3.63, 3.8) is 0 Å². The van der Waals surface area contributed by atoms with Crippen LogP contribution in [-0.2, 0) is 0 Å². The first-order chi connectivity index (χ1) is 10.1. The van der Waals surface area contributed by atoms with Gasteiger partial charge in [0, 0.05) is 41.6 Å². The van der Waals surface area contributed by atoms with Crippen LogP contribution in [-0.4, -0.2) is 35.2 Å². The molecule has 1 unspecified atom stereocenters. The van der Waals surface area contributed by atoms with E-state index < -0.39 is 11.8 Å². The summed E-state index contributed by atoms with van der Waals surface area (Å²) in [7, 11) is 0. The molecule has 0 N–H and O–H groups in total. The van der Waals surface area contributed by atoms with Gasteiger partial charge in [0.1, 0.15) is 12.1 Å². The SMILES string of the molecule is CSc1ccc2ncnc(N3CC(C4CC4(F)F)C3)c2c1. The predicted octanol–water partition coefficient (Wildman–Crippen LogP) is 3.44. The lowest BCUT2D eigenvalue weighted by molar-refractivity contribution is 0.0798. The maximum absolute atomic E-state index is 13.1. The number of fused-ring (bicyclic) bond motifs is 1.